The van der Waals surface area contributed by atoms with E-state index in [2.05, 4.69) is 5.32 Å². The molecule has 0 spiro atoms. The van der Waals surface area contributed by atoms with Crippen LogP contribution in [-0.2, 0) is 15.7 Å². The van der Waals surface area contributed by atoms with Crippen molar-refractivity contribution in [3.63, 3.8) is 0 Å². The van der Waals surface area contributed by atoms with Gasteiger partial charge in [0.2, 0.25) is 6.23 Å². The van der Waals surface area contributed by atoms with Crippen molar-refractivity contribution in [3.05, 3.63) is 29.3 Å². The first-order valence-corrected chi connectivity index (χ1v) is 8.57. The van der Waals surface area contributed by atoms with Crippen LogP contribution in [-0.4, -0.2) is 67.2 Å². The number of anilines is 1. The van der Waals surface area contributed by atoms with Crippen molar-refractivity contribution in [2.24, 2.45) is 0 Å². The van der Waals surface area contributed by atoms with Crippen molar-refractivity contribution in [1.82, 2.24) is 10.2 Å². The largest absolute Gasteiger partial charge is 0.465 e. The summed E-state index contributed by atoms with van der Waals surface area (Å²) in [5, 5.41) is 19.8. The van der Waals surface area contributed by atoms with Gasteiger partial charge in [0.15, 0.2) is 6.10 Å². The highest BCUT2D eigenvalue weighted by Crippen LogP contribution is 2.39. The van der Waals surface area contributed by atoms with Gasteiger partial charge in [-0.1, -0.05) is 0 Å². The zero-order chi connectivity index (χ0) is 23.6. The molecule has 1 aromatic carbocycles. The molecule has 1 aromatic rings. The molecule has 0 saturated carbocycles. The predicted octanol–water partition coefficient (Wildman–Crippen LogP) is 2.40. The Labute approximate surface area is 171 Å². The Bertz CT molecular complexity index is 883. The van der Waals surface area contributed by atoms with Crippen molar-refractivity contribution >= 4 is 17.7 Å². The quantitative estimate of drug-likeness (QED) is 0.662. The summed E-state index contributed by atoms with van der Waals surface area (Å²) in [5.74, 6) is -0.986. The summed E-state index contributed by atoms with van der Waals surface area (Å²) in [4.78, 5) is 24.1. The van der Waals surface area contributed by atoms with Gasteiger partial charge >= 0.3 is 18.4 Å². The number of nitrogens with zero attached hydrogens (tertiary/aromatic N) is 3. The number of nitrogens with one attached hydrogen (secondary N) is 1. The summed E-state index contributed by atoms with van der Waals surface area (Å²) in [6, 6.07) is 3.36. The fourth-order valence-corrected chi connectivity index (χ4v) is 2.79. The van der Waals surface area contributed by atoms with Gasteiger partial charge in [-0.25, -0.2) is 4.79 Å². The van der Waals surface area contributed by atoms with Crippen LogP contribution >= 0.6 is 0 Å². The Morgan fingerprint density at radius 2 is 1.97 bits per heavy atom. The van der Waals surface area contributed by atoms with Crippen LogP contribution in [0.5, 0.6) is 0 Å². The Morgan fingerprint density at radius 3 is 2.48 bits per heavy atom. The minimum Gasteiger partial charge on any atom is -0.465 e. The Hall–Kier alpha value is -3.21. The fourth-order valence-electron chi connectivity index (χ4n) is 2.79. The summed E-state index contributed by atoms with van der Waals surface area (Å²) >= 11 is 0. The van der Waals surface area contributed by atoms with Gasteiger partial charge < -0.3 is 25.0 Å². The molecule has 0 radical (unpaired) electrons. The molecular formula is C17H16F6N4O4. The van der Waals surface area contributed by atoms with Gasteiger partial charge in [-0.2, -0.15) is 31.6 Å². The van der Waals surface area contributed by atoms with Crippen molar-refractivity contribution in [1.29, 1.82) is 5.26 Å². The van der Waals surface area contributed by atoms with Crippen LogP contribution in [0.15, 0.2) is 18.2 Å². The van der Waals surface area contributed by atoms with Gasteiger partial charge in [0.05, 0.1) is 23.7 Å². The summed E-state index contributed by atoms with van der Waals surface area (Å²) in [5.41, 5.74) is -2.72. The SMILES string of the molecule is CN(CCNC(=O)C1CN(c2ccc(C#N)c(C(F)(F)F)c2)C(C(F)(F)F)O1)C(=O)O. The predicted molar refractivity (Wildman–Crippen MR) is 91.9 cm³/mol. The van der Waals surface area contributed by atoms with Crippen LogP contribution in [0.25, 0.3) is 0 Å². The summed E-state index contributed by atoms with van der Waals surface area (Å²) in [6.07, 6.45) is -15.7. The fraction of sp³-hybridized carbons (Fsp3) is 0.471. The topological polar surface area (TPSA) is 106 Å². The molecular weight excluding hydrogens is 438 g/mol. The molecule has 1 fully saturated rings. The summed E-state index contributed by atoms with van der Waals surface area (Å²) in [7, 11) is 1.21. The number of rotatable bonds is 5. The third-order valence-electron chi connectivity index (χ3n) is 4.34. The highest BCUT2D eigenvalue weighted by molar-refractivity contribution is 5.82. The van der Waals surface area contributed by atoms with Crippen LogP contribution in [0.2, 0.25) is 0 Å². The lowest BCUT2D eigenvalue weighted by Gasteiger charge is -2.27. The van der Waals surface area contributed by atoms with E-state index < -0.39 is 60.0 Å². The molecule has 1 saturated heterocycles. The number of carbonyl (C=O) groups excluding carboxylic acids is 1. The summed E-state index contributed by atoms with van der Waals surface area (Å²) in [6.45, 7) is -1.08. The Kier molecular flexibility index (Phi) is 6.89. The number of carbonyl (C=O) groups is 2. The number of alkyl halides is 6. The van der Waals surface area contributed by atoms with Crippen molar-refractivity contribution in [2.75, 3.05) is 31.6 Å². The first-order chi connectivity index (χ1) is 14.3. The Balaban J connectivity index is 2.24. The van der Waals surface area contributed by atoms with E-state index >= 15 is 0 Å². The molecule has 2 N–H and O–H groups in total. The lowest BCUT2D eigenvalue weighted by atomic mass is 10.1. The maximum Gasteiger partial charge on any atom is 0.433 e. The number of nitriles is 1. The number of carboxylic acid groups (broad SMARTS) is 1. The third-order valence-corrected chi connectivity index (χ3v) is 4.34. The van der Waals surface area contributed by atoms with E-state index in [9.17, 15) is 35.9 Å². The zero-order valence-corrected chi connectivity index (χ0v) is 15.8. The smallest absolute Gasteiger partial charge is 0.433 e. The zero-order valence-electron chi connectivity index (χ0n) is 15.8. The molecule has 2 atom stereocenters. The van der Waals surface area contributed by atoms with E-state index in [4.69, 9.17) is 15.1 Å². The van der Waals surface area contributed by atoms with Crippen LogP contribution in [0.3, 0.4) is 0 Å². The molecule has 14 heteroatoms. The molecule has 170 valence electrons. The number of benzene rings is 1. The molecule has 2 amide bonds. The molecule has 0 bridgehead atoms. The standard InChI is InChI=1S/C17H16F6N4O4/c1-26(15(29)30)5-4-25-13(28)12-8-27(14(31-12)17(21,22)23)10-3-2-9(7-24)11(6-10)16(18,19)20/h2-3,6,12,14H,4-5,8H2,1H3,(H,25,28)(H,29,30). The van der Waals surface area contributed by atoms with Crippen molar-refractivity contribution < 1.29 is 45.8 Å². The van der Waals surface area contributed by atoms with Crippen LogP contribution in [0.4, 0.5) is 36.8 Å². The van der Waals surface area contributed by atoms with Crippen LogP contribution in [0, 0.1) is 11.3 Å². The second kappa shape index (κ2) is 8.88. The second-order valence-electron chi connectivity index (χ2n) is 6.51. The second-order valence-corrected chi connectivity index (χ2v) is 6.51. The number of ether oxygens (including phenoxy) is 1. The maximum atomic E-state index is 13.4. The van der Waals surface area contributed by atoms with Crippen LogP contribution < -0.4 is 10.2 Å². The number of likely N-dealkylation sites (N-methyl/N-ethyl adjacent to an activating group) is 1. The molecule has 0 aromatic heterocycles. The first-order valence-electron chi connectivity index (χ1n) is 8.57. The summed E-state index contributed by atoms with van der Waals surface area (Å²) < 4.78 is 84.5. The number of hydrogen-bond donors (Lipinski definition) is 2. The van der Waals surface area contributed by atoms with Crippen molar-refractivity contribution in [2.45, 2.75) is 24.7 Å². The van der Waals surface area contributed by atoms with Crippen molar-refractivity contribution in [3.8, 4) is 6.07 Å². The lowest BCUT2D eigenvalue weighted by Crippen LogP contribution is -2.42. The van der Waals surface area contributed by atoms with E-state index in [0.717, 1.165) is 17.0 Å². The molecule has 2 unspecified atom stereocenters. The average molecular weight is 454 g/mol. The average Bonchev–Trinajstić information content (AvgIpc) is 3.12. The highest BCUT2D eigenvalue weighted by Gasteiger charge is 2.52. The van der Waals surface area contributed by atoms with E-state index in [0.29, 0.717) is 11.0 Å². The molecule has 8 nitrogen and oxygen atoms in total. The van der Waals surface area contributed by atoms with E-state index in [1.54, 1.807) is 0 Å². The molecule has 1 heterocycles. The monoisotopic (exact) mass is 454 g/mol. The van der Waals surface area contributed by atoms with Gasteiger partial charge in [-0.05, 0) is 18.2 Å². The molecule has 2 rings (SSSR count). The molecule has 31 heavy (non-hydrogen) atoms. The van der Waals surface area contributed by atoms with E-state index in [-0.39, 0.29) is 13.1 Å². The van der Waals surface area contributed by atoms with E-state index in [1.807, 2.05) is 0 Å². The van der Waals surface area contributed by atoms with Crippen LogP contribution in [0.1, 0.15) is 11.1 Å². The Morgan fingerprint density at radius 1 is 1.32 bits per heavy atom. The molecule has 0 aliphatic carbocycles. The number of hydrogen-bond acceptors (Lipinski definition) is 5. The van der Waals surface area contributed by atoms with Gasteiger partial charge in [-0.15, -0.1) is 0 Å². The maximum absolute atomic E-state index is 13.4. The lowest BCUT2D eigenvalue weighted by molar-refractivity contribution is -0.213. The minimum absolute atomic E-state index is 0.148. The number of amides is 2. The first kappa shape index (κ1) is 24.1. The van der Waals surface area contributed by atoms with Gasteiger partial charge in [0.1, 0.15) is 0 Å². The number of halogens is 6. The van der Waals surface area contributed by atoms with Gasteiger partial charge in [0, 0.05) is 25.8 Å². The minimum atomic E-state index is -5.04. The third kappa shape index (κ3) is 5.69. The normalized spacial score (nSPS) is 19.1. The highest BCUT2D eigenvalue weighted by atomic mass is 19.4. The van der Waals surface area contributed by atoms with Gasteiger partial charge in [-0.3, -0.25) is 4.79 Å². The molecule has 1 aliphatic heterocycles. The van der Waals surface area contributed by atoms with Gasteiger partial charge in [0.25, 0.3) is 5.91 Å². The van der Waals surface area contributed by atoms with E-state index in [1.165, 1.54) is 13.1 Å². The molecule has 1 aliphatic rings.